The number of nitrogens with one attached hydrogen (secondary N) is 2. The quantitative estimate of drug-likeness (QED) is 0.786. The van der Waals surface area contributed by atoms with Crippen LogP contribution in [-0.4, -0.2) is 39.3 Å². The lowest BCUT2D eigenvalue weighted by atomic mass is 9.84. The number of imide groups is 1. The topological polar surface area (TPSA) is 91.4 Å². The zero-order valence-electron chi connectivity index (χ0n) is 14.6. The molecule has 7 nitrogen and oxygen atoms in total. The number of urea groups is 1. The van der Waals surface area contributed by atoms with Crippen LogP contribution in [0.1, 0.15) is 52.4 Å². The second kappa shape index (κ2) is 7.11. The molecule has 1 atom stereocenters. The number of carbonyl (C=O) groups is 3. The molecule has 136 valence electrons. The van der Waals surface area contributed by atoms with Gasteiger partial charge in [0.1, 0.15) is 11.6 Å². The van der Waals surface area contributed by atoms with Crippen molar-refractivity contribution in [3.8, 4) is 0 Å². The van der Waals surface area contributed by atoms with Gasteiger partial charge >= 0.3 is 6.03 Å². The fourth-order valence-electron chi connectivity index (χ4n) is 3.60. The molecule has 3 rings (SSSR count). The van der Waals surface area contributed by atoms with Crippen molar-refractivity contribution in [2.75, 3.05) is 5.32 Å². The minimum absolute atomic E-state index is 0.346. The lowest BCUT2D eigenvalue weighted by Crippen LogP contribution is -2.49. The summed E-state index contributed by atoms with van der Waals surface area (Å²) in [5.74, 6) is -0.348. The van der Waals surface area contributed by atoms with Crippen LogP contribution in [0.2, 0.25) is 0 Å². The highest BCUT2D eigenvalue weighted by Crippen LogP contribution is 2.31. The van der Waals surface area contributed by atoms with Gasteiger partial charge in [-0.25, -0.2) is 14.7 Å². The van der Waals surface area contributed by atoms with Crippen LogP contribution in [0.4, 0.5) is 9.93 Å². The summed E-state index contributed by atoms with van der Waals surface area (Å²) in [5, 5.41) is 7.66. The highest BCUT2D eigenvalue weighted by Gasteiger charge is 2.49. The van der Waals surface area contributed by atoms with Gasteiger partial charge in [-0.3, -0.25) is 9.59 Å². The number of aromatic nitrogens is 1. The molecule has 1 saturated heterocycles. The number of hydrogen-bond donors (Lipinski definition) is 2. The lowest BCUT2D eigenvalue weighted by Gasteiger charge is -2.30. The molecular formula is C17H24N4O3S. The Morgan fingerprint density at radius 1 is 1.40 bits per heavy atom. The maximum Gasteiger partial charge on any atom is 0.325 e. The van der Waals surface area contributed by atoms with E-state index >= 15 is 0 Å². The molecule has 1 aromatic rings. The monoisotopic (exact) mass is 364 g/mol. The van der Waals surface area contributed by atoms with Crippen molar-refractivity contribution in [3.63, 3.8) is 0 Å². The van der Waals surface area contributed by atoms with E-state index in [0.717, 1.165) is 30.6 Å². The molecule has 4 amide bonds. The molecule has 2 N–H and O–H groups in total. The van der Waals surface area contributed by atoms with E-state index in [2.05, 4.69) is 15.6 Å². The van der Waals surface area contributed by atoms with E-state index in [4.69, 9.17) is 0 Å². The first kappa shape index (κ1) is 17.8. The van der Waals surface area contributed by atoms with Crippen LogP contribution in [0.3, 0.4) is 0 Å². The van der Waals surface area contributed by atoms with E-state index in [-0.39, 0.29) is 11.8 Å². The average molecular weight is 364 g/mol. The molecule has 8 heteroatoms. The number of nitrogens with zero attached hydrogens (tertiary/aromatic N) is 2. The third-order valence-corrected chi connectivity index (χ3v) is 5.64. The number of hydrogen-bond acceptors (Lipinski definition) is 5. The second-order valence-electron chi connectivity index (χ2n) is 7.31. The van der Waals surface area contributed by atoms with Gasteiger partial charge < -0.3 is 10.6 Å². The van der Waals surface area contributed by atoms with Crippen molar-refractivity contribution in [2.45, 2.75) is 64.0 Å². The predicted molar refractivity (Wildman–Crippen MR) is 95.2 cm³/mol. The molecule has 1 saturated carbocycles. The van der Waals surface area contributed by atoms with Gasteiger partial charge in [0.15, 0.2) is 5.13 Å². The van der Waals surface area contributed by atoms with E-state index in [1.807, 2.05) is 0 Å². The number of rotatable bonds is 5. The number of anilines is 1. The van der Waals surface area contributed by atoms with E-state index in [0.29, 0.717) is 17.5 Å². The first-order chi connectivity index (χ1) is 11.9. The Bertz CT molecular complexity index is 653. The molecule has 0 bridgehead atoms. The van der Waals surface area contributed by atoms with Crippen molar-refractivity contribution in [2.24, 2.45) is 5.92 Å². The summed E-state index contributed by atoms with van der Waals surface area (Å²) < 4.78 is 0. The van der Waals surface area contributed by atoms with E-state index in [1.54, 1.807) is 25.4 Å². The average Bonchev–Trinajstić information content (AvgIpc) is 3.13. The van der Waals surface area contributed by atoms with Gasteiger partial charge in [0.25, 0.3) is 5.91 Å². The molecule has 25 heavy (non-hydrogen) atoms. The molecule has 1 aromatic heterocycles. The summed E-state index contributed by atoms with van der Waals surface area (Å²) in [7, 11) is 0. The van der Waals surface area contributed by atoms with Gasteiger partial charge in [-0.05, 0) is 26.2 Å². The largest absolute Gasteiger partial charge is 0.325 e. The zero-order chi connectivity index (χ0) is 18.0. The Kier molecular flexibility index (Phi) is 5.08. The van der Waals surface area contributed by atoms with Crippen molar-refractivity contribution in [3.05, 3.63) is 11.6 Å². The van der Waals surface area contributed by atoms with Gasteiger partial charge in [0, 0.05) is 11.6 Å². The zero-order valence-corrected chi connectivity index (χ0v) is 15.4. The third-order valence-electron chi connectivity index (χ3n) is 4.95. The summed E-state index contributed by atoms with van der Waals surface area (Å²) in [6.45, 7) is 3.31. The minimum atomic E-state index is -0.983. The Labute approximate surface area is 151 Å². The van der Waals surface area contributed by atoms with E-state index in [1.165, 1.54) is 17.8 Å². The minimum Gasteiger partial charge on any atom is -0.324 e. The molecular weight excluding hydrogens is 340 g/mol. The lowest BCUT2D eigenvalue weighted by molar-refractivity contribution is -0.136. The van der Waals surface area contributed by atoms with Crippen molar-refractivity contribution in [1.29, 1.82) is 0 Å². The molecule has 1 aliphatic heterocycles. The Morgan fingerprint density at radius 2 is 2.12 bits per heavy atom. The first-order valence-corrected chi connectivity index (χ1v) is 9.62. The summed E-state index contributed by atoms with van der Waals surface area (Å²) >= 11 is 1.31. The Hall–Kier alpha value is -1.96. The highest BCUT2D eigenvalue weighted by atomic mass is 32.1. The van der Waals surface area contributed by atoms with Gasteiger partial charge in [-0.15, -0.1) is 11.3 Å². The van der Waals surface area contributed by atoms with Crippen molar-refractivity contribution < 1.29 is 14.4 Å². The molecule has 0 spiro atoms. The fourth-order valence-corrected chi connectivity index (χ4v) is 4.13. The second-order valence-corrected chi connectivity index (χ2v) is 8.21. The van der Waals surface area contributed by atoms with Gasteiger partial charge in [0.05, 0.1) is 0 Å². The van der Waals surface area contributed by atoms with Gasteiger partial charge in [-0.2, -0.15) is 0 Å². The van der Waals surface area contributed by atoms with Crippen molar-refractivity contribution in [1.82, 2.24) is 15.2 Å². The van der Waals surface area contributed by atoms with E-state index in [9.17, 15) is 14.4 Å². The van der Waals surface area contributed by atoms with Crippen LogP contribution in [0.5, 0.6) is 0 Å². The predicted octanol–water partition coefficient (Wildman–Crippen LogP) is 2.75. The van der Waals surface area contributed by atoms with Gasteiger partial charge in [-0.1, -0.05) is 32.1 Å². The third kappa shape index (κ3) is 3.84. The van der Waals surface area contributed by atoms with Gasteiger partial charge in [0.2, 0.25) is 5.91 Å². The van der Waals surface area contributed by atoms with Crippen LogP contribution in [0.25, 0.3) is 0 Å². The van der Waals surface area contributed by atoms with Crippen molar-refractivity contribution >= 4 is 34.3 Å². The molecule has 0 aromatic carbocycles. The standard InChI is InChI=1S/C17H24N4O3S/c1-17(2)14(23)21(16(24)20-17)12(10-11-6-4-3-5-7-11)13(22)19-15-18-8-9-25-15/h8-9,11-12H,3-7,10H2,1-2H3,(H,20,24)(H,18,19,22)/t12-/m0/s1. The highest BCUT2D eigenvalue weighted by molar-refractivity contribution is 7.13. The summed E-state index contributed by atoms with van der Waals surface area (Å²) in [6.07, 6.45) is 7.67. The summed E-state index contributed by atoms with van der Waals surface area (Å²) in [4.78, 5) is 43.1. The smallest absolute Gasteiger partial charge is 0.324 e. The molecule has 2 heterocycles. The number of thiazole rings is 1. The number of amides is 4. The fraction of sp³-hybridized carbons (Fsp3) is 0.647. The van der Waals surface area contributed by atoms with E-state index < -0.39 is 17.6 Å². The molecule has 1 aliphatic carbocycles. The van der Waals surface area contributed by atoms with Crippen LogP contribution in [0, 0.1) is 5.92 Å². The summed E-state index contributed by atoms with van der Waals surface area (Å²) in [6, 6.07) is -1.30. The number of carbonyl (C=O) groups excluding carboxylic acids is 3. The molecule has 2 aliphatic rings. The Morgan fingerprint density at radius 3 is 2.68 bits per heavy atom. The SMILES string of the molecule is CC1(C)NC(=O)N([C@@H](CC2CCCCC2)C(=O)Nc2nccs2)C1=O. The van der Waals surface area contributed by atoms with Crippen LogP contribution in [0.15, 0.2) is 11.6 Å². The molecule has 2 fully saturated rings. The molecule has 0 radical (unpaired) electrons. The van der Waals surface area contributed by atoms with Crippen LogP contribution >= 0.6 is 11.3 Å². The van der Waals surface area contributed by atoms with Crippen LogP contribution in [-0.2, 0) is 9.59 Å². The normalized spacial score (nSPS) is 21.9. The molecule has 0 unspecified atom stereocenters. The Balaban J connectivity index is 1.81. The first-order valence-electron chi connectivity index (χ1n) is 8.74. The van der Waals surface area contributed by atoms with Crippen LogP contribution < -0.4 is 10.6 Å². The maximum atomic E-state index is 12.9. The summed E-state index contributed by atoms with van der Waals surface area (Å²) in [5.41, 5.74) is -0.983. The maximum absolute atomic E-state index is 12.9.